The maximum Gasteiger partial charge on any atom is 0.234 e. The summed E-state index contributed by atoms with van der Waals surface area (Å²) in [4.78, 5) is 27.0. The first-order valence-corrected chi connectivity index (χ1v) is 9.11. The van der Waals surface area contributed by atoms with Gasteiger partial charge in [0.2, 0.25) is 5.91 Å². The number of rotatable bonds is 5. The molecular formula is C16H17N5OS2. The maximum absolute atomic E-state index is 12.2. The maximum atomic E-state index is 12.2. The highest BCUT2D eigenvalue weighted by molar-refractivity contribution is 8.00. The first-order chi connectivity index (χ1) is 11.5. The van der Waals surface area contributed by atoms with E-state index < -0.39 is 0 Å². The molecule has 8 heteroatoms. The van der Waals surface area contributed by atoms with Gasteiger partial charge in [-0.25, -0.2) is 9.97 Å². The second kappa shape index (κ2) is 7.14. The van der Waals surface area contributed by atoms with Crippen LogP contribution in [0.4, 0.5) is 10.8 Å². The Labute approximate surface area is 148 Å². The zero-order valence-corrected chi connectivity index (χ0v) is 15.2. The zero-order chi connectivity index (χ0) is 17.1. The van der Waals surface area contributed by atoms with Gasteiger partial charge in [0.1, 0.15) is 16.1 Å². The number of carbonyl (C=O) groups excluding carboxylic acids is 1. The molecule has 24 heavy (non-hydrogen) atoms. The van der Waals surface area contributed by atoms with E-state index in [9.17, 15) is 4.79 Å². The summed E-state index contributed by atoms with van der Waals surface area (Å²) in [6.45, 7) is 1.99. The fraction of sp³-hybridized carbons (Fsp3) is 0.250. The lowest BCUT2D eigenvalue weighted by molar-refractivity contribution is -0.113. The first kappa shape index (κ1) is 16.7. The van der Waals surface area contributed by atoms with Gasteiger partial charge < -0.3 is 10.2 Å². The lowest BCUT2D eigenvalue weighted by atomic mass is 10.2. The molecule has 2 aromatic heterocycles. The fourth-order valence-corrected chi connectivity index (χ4v) is 3.88. The summed E-state index contributed by atoms with van der Waals surface area (Å²) in [5.41, 5.74) is 2.58. The van der Waals surface area contributed by atoms with Gasteiger partial charge in [-0.2, -0.15) is 4.98 Å². The van der Waals surface area contributed by atoms with Gasteiger partial charge in [-0.3, -0.25) is 4.79 Å². The molecule has 6 nitrogen and oxygen atoms in total. The van der Waals surface area contributed by atoms with Gasteiger partial charge in [-0.05, 0) is 24.6 Å². The van der Waals surface area contributed by atoms with E-state index in [1.807, 2.05) is 50.2 Å². The normalized spacial score (nSPS) is 10.8. The monoisotopic (exact) mass is 359 g/mol. The number of aromatic nitrogens is 3. The quantitative estimate of drug-likeness (QED) is 0.557. The van der Waals surface area contributed by atoms with E-state index in [0.717, 1.165) is 26.1 Å². The standard InChI is InChI=1S/C16H17N5OS2/c1-10-5-4-6-11(7-10)19-12(22)8-23-15-13-14(17-9-18-15)20-16(24-13)21(2)3/h4-7,9H,8H2,1-3H3,(H,19,22). The van der Waals surface area contributed by atoms with E-state index in [2.05, 4.69) is 20.3 Å². The Morgan fingerprint density at radius 1 is 1.33 bits per heavy atom. The number of nitrogens with one attached hydrogen (secondary N) is 1. The third-order valence-electron chi connectivity index (χ3n) is 3.17. The minimum Gasteiger partial charge on any atom is -0.354 e. The summed E-state index contributed by atoms with van der Waals surface area (Å²) in [5, 5.41) is 4.56. The smallest absolute Gasteiger partial charge is 0.234 e. The van der Waals surface area contributed by atoms with E-state index in [4.69, 9.17) is 0 Å². The molecule has 0 atom stereocenters. The Morgan fingerprint density at radius 3 is 2.92 bits per heavy atom. The van der Waals surface area contributed by atoms with Crippen LogP contribution >= 0.6 is 23.1 Å². The zero-order valence-electron chi connectivity index (χ0n) is 13.6. The van der Waals surface area contributed by atoms with Gasteiger partial charge in [0.05, 0.1) is 5.75 Å². The number of fused-ring (bicyclic) bond motifs is 1. The molecule has 3 rings (SSSR count). The molecule has 0 saturated heterocycles. The number of amides is 1. The Hall–Kier alpha value is -2.19. The molecule has 0 aliphatic heterocycles. The van der Waals surface area contributed by atoms with Gasteiger partial charge in [-0.15, -0.1) is 0 Å². The molecule has 3 aromatic rings. The molecule has 1 N–H and O–H groups in total. The molecule has 0 aliphatic rings. The minimum atomic E-state index is -0.0605. The predicted molar refractivity (Wildman–Crippen MR) is 100 cm³/mol. The highest BCUT2D eigenvalue weighted by Gasteiger charge is 2.13. The number of nitrogens with zero attached hydrogens (tertiary/aromatic N) is 4. The summed E-state index contributed by atoms with van der Waals surface area (Å²) in [6.07, 6.45) is 1.49. The number of thiazole rings is 1. The van der Waals surface area contributed by atoms with Crippen molar-refractivity contribution in [1.82, 2.24) is 15.0 Å². The molecule has 0 spiro atoms. The largest absolute Gasteiger partial charge is 0.354 e. The molecule has 0 fully saturated rings. The van der Waals surface area contributed by atoms with Crippen molar-refractivity contribution >= 4 is 50.2 Å². The molecule has 0 bridgehead atoms. The molecular weight excluding hydrogens is 342 g/mol. The van der Waals surface area contributed by atoms with Gasteiger partial charge in [0.15, 0.2) is 10.8 Å². The number of aryl methyl sites for hydroxylation is 1. The SMILES string of the molecule is Cc1cccc(NC(=O)CSc2ncnc3nc(N(C)C)sc23)c1. The van der Waals surface area contributed by atoms with Crippen LogP contribution in [0.5, 0.6) is 0 Å². The second-order valence-corrected chi connectivity index (χ2v) is 7.37. The molecule has 124 valence electrons. The lowest BCUT2D eigenvalue weighted by Crippen LogP contribution is -2.14. The molecule has 0 radical (unpaired) electrons. The lowest BCUT2D eigenvalue weighted by Gasteiger charge is -2.06. The minimum absolute atomic E-state index is 0.0605. The molecule has 0 saturated carbocycles. The molecule has 0 unspecified atom stereocenters. The highest BCUT2D eigenvalue weighted by atomic mass is 32.2. The van der Waals surface area contributed by atoms with Crippen molar-refractivity contribution in [2.75, 3.05) is 30.1 Å². The molecule has 0 aliphatic carbocycles. The number of hydrogen-bond acceptors (Lipinski definition) is 7. The molecule has 1 aromatic carbocycles. The van der Waals surface area contributed by atoms with Crippen molar-refractivity contribution in [1.29, 1.82) is 0 Å². The fourth-order valence-electron chi connectivity index (χ4n) is 2.07. The third-order valence-corrected chi connectivity index (χ3v) is 5.51. The van der Waals surface area contributed by atoms with Crippen LogP contribution in [-0.2, 0) is 4.79 Å². The average Bonchev–Trinajstić information content (AvgIpc) is 2.98. The van der Waals surface area contributed by atoms with E-state index >= 15 is 0 Å². The van der Waals surface area contributed by atoms with Crippen LogP contribution in [0.25, 0.3) is 10.3 Å². The number of benzene rings is 1. The van der Waals surface area contributed by atoms with Crippen molar-refractivity contribution in [2.24, 2.45) is 0 Å². The van der Waals surface area contributed by atoms with Crippen LogP contribution in [0.3, 0.4) is 0 Å². The Balaban J connectivity index is 1.70. The van der Waals surface area contributed by atoms with Crippen LogP contribution in [-0.4, -0.2) is 40.7 Å². The average molecular weight is 359 g/mol. The molecule has 1 amide bonds. The summed E-state index contributed by atoms with van der Waals surface area (Å²) in [5.74, 6) is 0.227. The van der Waals surface area contributed by atoms with Crippen molar-refractivity contribution < 1.29 is 4.79 Å². The van der Waals surface area contributed by atoms with E-state index in [0.29, 0.717) is 5.65 Å². The van der Waals surface area contributed by atoms with Gasteiger partial charge >= 0.3 is 0 Å². The van der Waals surface area contributed by atoms with Crippen LogP contribution in [0, 0.1) is 6.92 Å². The summed E-state index contributed by atoms with van der Waals surface area (Å²) < 4.78 is 0.912. The van der Waals surface area contributed by atoms with E-state index in [1.165, 1.54) is 29.4 Å². The number of carbonyl (C=O) groups is 1. The predicted octanol–water partition coefficient (Wildman–Crippen LogP) is 3.19. The summed E-state index contributed by atoms with van der Waals surface area (Å²) in [6, 6.07) is 7.74. The first-order valence-electron chi connectivity index (χ1n) is 7.31. The van der Waals surface area contributed by atoms with Crippen LogP contribution in [0.15, 0.2) is 35.6 Å². The number of hydrogen-bond donors (Lipinski definition) is 1. The van der Waals surface area contributed by atoms with Crippen LogP contribution < -0.4 is 10.2 Å². The summed E-state index contributed by atoms with van der Waals surface area (Å²) in [7, 11) is 3.88. The van der Waals surface area contributed by atoms with Crippen LogP contribution in [0.1, 0.15) is 5.56 Å². The highest BCUT2D eigenvalue weighted by Crippen LogP contribution is 2.32. The topological polar surface area (TPSA) is 71.0 Å². The third kappa shape index (κ3) is 3.82. The number of anilines is 2. The Bertz CT molecular complexity index is 878. The van der Waals surface area contributed by atoms with Gasteiger partial charge in [0.25, 0.3) is 0 Å². The van der Waals surface area contributed by atoms with Crippen molar-refractivity contribution in [2.45, 2.75) is 11.9 Å². The van der Waals surface area contributed by atoms with Crippen molar-refractivity contribution in [3.8, 4) is 0 Å². The van der Waals surface area contributed by atoms with Crippen molar-refractivity contribution in [3.05, 3.63) is 36.2 Å². The number of thioether (sulfide) groups is 1. The Kier molecular flexibility index (Phi) is 4.96. The van der Waals surface area contributed by atoms with Crippen molar-refractivity contribution in [3.63, 3.8) is 0 Å². The summed E-state index contributed by atoms with van der Waals surface area (Å²) >= 11 is 2.92. The van der Waals surface area contributed by atoms with Gasteiger partial charge in [0, 0.05) is 19.8 Å². The second-order valence-electron chi connectivity index (χ2n) is 5.43. The Morgan fingerprint density at radius 2 is 2.17 bits per heavy atom. The molecule has 2 heterocycles. The van der Waals surface area contributed by atoms with Gasteiger partial charge in [-0.1, -0.05) is 35.2 Å². The van der Waals surface area contributed by atoms with E-state index in [1.54, 1.807) is 0 Å². The van der Waals surface area contributed by atoms with E-state index in [-0.39, 0.29) is 11.7 Å². The van der Waals surface area contributed by atoms with Crippen LogP contribution in [0.2, 0.25) is 0 Å².